The number of hydrogen-bond donors (Lipinski definition) is 0. The van der Waals surface area contributed by atoms with Crippen LogP contribution in [0, 0.1) is 12.7 Å². The monoisotopic (exact) mass is 418 g/mol. The molecular formula is C24H23FN4O2. The second-order valence-corrected chi connectivity index (χ2v) is 7.66. The van der Waals surface area contributed by atoms with Crippen molar-refractivity contribution >= 4 is 11.9 Å². The van der Waals surface area contributed by atoms with Gasteiger partial charge in [-0.1, -0.05) is 18.2 Å². The van der Waals surface area contributed by atoms with Crippen LogP contribution >= 0.6 is 0 Å². The van der Waals surface area contributed by atoms with Crippen molar-refractivity contribution in [3.05, 3.63) is 83.2 Å². The lowest BCUT2D eigenvalue weighted by Crippen LogP contribution is -2.36. The molecule has 2 aliphatic heterocycles. The molecule has 0 aliphatic carbocycles. The van der Waals surface area contributed by atoms with E-state index in [0.29, 0.717) is 13.2 Å². The number of aliphatic imine (C=N–C) groups is 1. The van der Waals surface area contributed by atoms with Crippen LogP contribution in [0.1, 0.15) is 29.3 Å². The molecule has 3 aromatic rings. The summed E-state index contributed by atoms with van der Waals surface area (Å²) in [5.74, 6) is 1.37. The molecule has 0 saturated carbocycles. The van der Waals surface area contributed by atoms with E-state index in [2.05, 4.69) is 17.1 Å². The van der Waals surface area contributed by atoms with Gasteiger partial charge < -0.3 is 9.30 Å². The zero-order chi connectivity index (χ0) is 21.4. The Morgan fingerprint density at radius 2 is 2.03 bits per heavy atom. The van der Waals surface area contributed by atoms with Crippen LogP contribution in [-0.2, 0) is 4.84 Å². The third-order valence-corrected chi connectivity index (χ3v) is 5.58. The molecule has 0 radical (unpaired) electrons. The Balaban J connectivity index is 1.42. The molecule has 2 aliphatic rings. The van der Waals surface area contributed by atoms with Crippen LogP contribution in [0.15, 0.2) is 65.6 Å². The molecule has 5 rings (SSSR count). The predicted octanol–water partition coefficient (Wildman–Crippen LogP) is 4.50. The molecular weight excluding hydrogens is 395 g/mol. The van der Waals surface area contributed by atoms with Gasteiger partial charge in [-0.2, -0.15) is 0 Å². The van der Waals surface area contributed by atoms with Gasteiger partial charge in [0.25, 0.3) is 0 Å². The van der Waals surface area contributed by atoms with Gasteiger partial charge in [0.2, 0.25) is 0 Å². The first-order chi connectivity index (χ1) is 15.1. The fourth-order valence-electron chi connectivity index (χ4n) is 4.04. The normalized spacial score (nSPS) is 19.5. The van der Waals surface area contributed by atoms with Crippen LogP contribution < -0.4 is 4.74 Å². The number of rotatable bonds is 4. The summed E-state index contributed by atoms with van der Waals surface area (Å²) in [7, 11) is 1.67. The number of aromatic nitrogens is 2. The molecule has 158 valence electrons. The Hall–Kier alpha value is -3.45. The molecule has 1 fully saturated rings. The summed E-state index contributed by atoms with van der Waals surface area (Å²) < 4.78 is 20.9. The molecule has 1 unspecified atom stereocenters. The van der Waals surface area contributed by atoms with E-state index in [-0.39, 0.29) is 11.9 Å². The summed E-state index contributed by atoms with van der Waals surface area (Å²) in [5, 5.41) is 1.86. The fourth-order valence-corrected chi connectivity index (χ4v) is 4.04. The van der Waals surface area contributed by atoms with Crippen molar-refractivity contribution in [1.82, 2.24) is 14.6 Å². The van der Waals surface area contributed by atoms with Gasteiger partial charge in [0.1, 0.15) is 17.6 Å². The smallest absolute Gasteiger partial charge is 0.152 e. The Bertz CT molecular complexity index is 1170. The number of hydroxylamine groups is 2. The first-order valence-electron chi connectivity index (χ1n) is 10.2. The average molecular weight is 418 g/mol. The maximum atomic E-state index is 13.3. The van der Waals surface area contributed by atoms with Crippen molar-refractivity contribution in [2.24, 2.45) is 4.99 Å². The van der Waals surface area contributed by atoms with Gasteiger partial charge in [-0.05, 0) is 54.0 Å². The van der Waals surface area contributed by atoms with E-state index in [1.165, 1.54) is 12.1 Å². The van der Waals surface area contributed by atoms with E-state index in [1.54, 1.807) is 25.6 Å². The summed E-state index contributed by atoms with van der Waals surface area (Å²) in [5.41, 5.74) is 5.02. The fraction of sp³-hybridized carbons (Fsp3) is 0.250. The molecule has 0 spiro atoms. The maximum Gasteiger partial charge on any atom is 0.152 e. The van der Waals surface area contributed by atoms with Crippen LogP contribution in [-0.4, -0.2) is 40.7 Å². The molecule has 7 heteroatoms. The minimum absolute atomic E-state index is 0.0410. The van der Waals surface area contributed by atoms with E-state index < -0.39 is 0 Å². The molecule has 1 aromatic heterocycles. The van der Waals surface area contributed by atoms with Crippen molar-refractivity contribution in [3.63, 3.8) is 0 Å². The van der Waals surface area contributed by atoms with E-state index in [1.807, 2.05) is 34.9 Å². The lowest BCUT2D eigenvalue weighted by atomic mass is 10.0. The second-order valence-electron chi connectivity index (χ2n) is 7.66. The van der Waals surface area contributed by atoms with E-state index >= 15 is 0 Å². The van der Waals surface area contributed by atoms with Crippen molar-refractivity contribution in [2.75, 3.05) is 20.3 Å². The Kier molecular flexibility index (Phi) is 5.03. The highest BCUT2D eigenvalue weighted by atomic mass is 19.1. The van der Waals surface area contributed by atoms with Crippen molar-refractivity contribution in [1.29, 1.82) is 0 Å². The standard InChI is InChI=1S/C24H23FN4O2/c1-16-14-28(15-27-16)21-8-3-17(12-23(21)30-2)11-19-9-10-31-29-22(13-26-24(19)29)18-4-6-20(25)7-5-18/h3-8,11-12,14-15,22H,9-10,13H2,1-2H3/b19-11+. The van der Waals surface area contributed by atoms with Gasteiger partial charge in [0.15, 0.2) is 5.84 Å². The van der Waals surface area contributed by atoms with Crippen LogP contribution in [0.5, 0.6) is 5.75 Å². The third-order valence-electron chi connectivity index (χ3n) is 5.58. The largest absolute Gasteiger partial charge is 0.495 e. The van der Waals surface area contributed by atoms with Crippen LogP contribution in [0.3, 0.4) is 0 Å². The number of ether oxygens (including phenoxy) is 1. The number of imidazole rings is 1. The summed E-state index contributed by atoms with van der Waals surface area (Å²) in [6.07, 6.45) is 6.66. The molecule has 0 amide bonds. The summed E-state index contributed by atoms with van der Waals surface area (Å²) >= 11 is 0. The molecule has 6 nitrogen and oxygen atoms in total. The van der Waals surface area contributed by atoms with Crippen LogP contribution in [0.25, 0.3) is 11.8 Å². The first-order valence-corrected chi connectivity index (χ1v) is 10.2. The second kappa shape index (κ2) is 8.00. The summed E-state index contributed by atoms with van der Waals surface area (Å²) in [6.45, 7) is 3.12. The number of nitrogens with zero attached hydrogens (tertiary/aromatic N) is 4. The molecule has 31 heavy (non-hydrogen) atoms. The Morgan fingerprint density at radius 3 is 2.77 bits per heavy atom. The van der Waals surface area contributed by atoms with Crippen LogP contribution in [0.4, 0.5) is 4.39 Å². The lowest BCUT2D eigenvalue weighted by molar-refractivity contribution is -0.126. The first kappa shape index (κ1) is 19.5. The van der Waals surface area contributed by atoms with E-state index in [0.717, 1.165) is 46.1 Å². The van der Waals surface area contributed by atoms with Gasteiger partial charge in [0.05, 0.1) is 38.0 Å². The topological polar surface area (TPSA) is 51.9 Å². The zero-order valence-electron chi connectivity index (χ0n) is 17.5. The highest BCUT2D eigenvalue weighted by Gasteiger charge is 2.34. The van der Waals surface area contributed by atoms with Gasteiger partial charge in [-0.3, -0.25) is 9.83 Å². The number of fused-ring (bicyclic) bond motifs is 1. The molecule has 3 heterocycles. The van der Waals surface area contributed by atoms with E-state index in [4.69, 9.17) is 14.6 Å². The number of aryl methyl sites for hydroxylation is 1. The maximum absolute atomic E-state index is 13.3. The van der Waals surface area contributed by atoms with E-state index in [9.17, 15) is 4.39 Å². The van der Waals surface area contributed by atoms with Crippen molar-refractivity contribution in [2.45, 2.75) is 19.4 Å². The Morgan fingerprint density at radius 1 is 1.19 bits per heavy atom. The van der Waals surface area contributed by atoms with Gasteiger partial charge in [-0.25, -0.2) is 14.4 Å². The highest BCUT2D eigenvalue weighted by molar-refractivity contribution is 6.03. The number of methoxy groups -OCH3 is 1. The highest BCUT2D eigenvalue weighted by Crippen LogP contribution is 2.34. The summed E-state index contributed by atoms with van der Waals surface area (Å²) in [4.78, 5) is 15.0. The predicted molar refractivity (Wildman–Crippen MR) is 117 cm³/mol. The SMILES string of the molecule is COc1cc(/C=C2\CCON3C2=NCC3c2ccc(F)cc2)ccc1-n1cnc(C)c1. The van der Waals surface area contributed by atoms with Crippen molar-refractivity contribution in [3.8, 4) is 11.4 Å². The number of hydrogen-bond acceptors (Lipinski definition) is 5. The third kappa shape index (κ3) is 3.72. The lowest BCUT2D eigenvalue weighted by Gasteiger charge is -2.32. The van der Waals surface area contributed by atoms with Gasteiger partial charge in [-0.15, -0.1) is 0 Å². The van der Waals surface area contributed by atoms with Gasteiger partial charge >= 0.3 is 0 Å². The Labute approximate surface area is 180 Å². The number of amidine groups is 1. The number of benzene rings is 2. The zero-order valence-corrected chi connectivity index (χ0v) is 17.5. The quantitative estimate of drug-likeness (QED) is 0.626. The minimum Gasteiger partial charge on any atom is -0.495 e. The molecule has 0 N–H and O–H groups in total. The molecule has 0 bridgehead atoms. The minimum atomic E-state index is -0.244. The molecule has 1 saturated heterocycles. The molecule has 2 aromatic carbocycles. The molecule has 1 atom stereocenters. The average Bonchev–Trinajstić information content (AvgIpc) is 3.41. The van der Waals surface area contributed by atoms with Crippen LogP contribution in [0.2, 0.25) is 0 Å². The van der Waals surface area contributed by atoms with Gasteiger partial charge in [0, 0.05) is 12.6 Å². The number of halogens is 1. The summed E-state index contributed by atoms with van der Waals surface area (Å²) in [6, 6.07) is 12.6. The van der Waals surface area contributed by atoms with Crippen molar-refractivity contribution < 1.29 is 14.0 Å².